The number of benzene rings is 2. The largest absolute Gasteiger partial charge is 0.356 e. The zero-order valence-electron chi connectivity index (χ0n) is 15.4. The molecule has 2 aromatic carbocycles. The molecule has 0 spiro atoms. The van der Waals surface area contributed by atoms with E-state index in [1.807, 2.05) is 38.1 Å². The summed E-state index contributed by atoms with van der Waals surface area (Å²) in [5.74, 6) is -0.194. The highest BCUT2D eigenvalue weighted by atomic mass is 16.5. The van der Waals surface area contributed by atoms with Crippen molar-refractivity contribution in [2.75, 3.05) is 5.32 Å². The fourth-order valence-electron chi connectivity index (χ4n) is 3.19. The molecule has 0 bridgehead atoms. The molecular formula is C21H18N4O3. The number of fused-ring (bicyclic) bond motifs is 1. The lowest BCUT2D eigenvalue weighted by Crippen LogP contribution is -2.14. The number of aromatic nitrogens is 3. The molecule has 0 saturated carbocycles. The van der Waals surface area contributed by atoms with E-state index in [1.165, 1.54) is 6.07 Å². The van der Waals surface area contributed by atoms with Crippen LogP contribution >= 0.6 is 0 Å². The molecular weight excluding hydrogens is 356 g/mol. The quantitative estimate of drug-likeness (QED) is 0.570. The zero-order chi connectivity index (χ0) is 19.7. The highest BCUT2D eigenvalue weighted by Gasteiger charge is 2.15. The van der Waals surface area contributed by atoms with E-state index in [2.05, 4.69) is 20.7 Å². The standard InChI is InChI=1S/C21H18N4O3/c1-12-8-13(2)21-16(9-12)18(25-28-21)11-20(27)22-15-5-3-4-14(10-15)17-6-7-19(26)24-23-17/h3-10H,11H2,1-2H3,(H,22,27)(H,24,26). The molecule has 140 valence electrons. The first-order valence-corrected chi connectivity index (χ1v) is 8.81. The number of hydrogen-bond acceptors (Lipinski definition) is 5. The van der Waals surface area contributed by atoms with Gasteiger partial charge in [-0.05, 0) is 49.2 Å². The molecule has 2 N–H and O–H groups in total. The van der Waals surface area contributed by atoms with Gasteiger partial charge in [0.1, 0.15) is 5.69 Å². The van der Waals surface area contributed by atoms with Crippen LogP contribution in [0.5, 0.6) is 0 Å². The first kappa shape index (κ1) is 17.7. The highest BCUT2D eigenvalue weighted by molar-refractivity contribution is 5.95. The number of hydrogen-bond donors (Lipinski definition) is 2. The molecule has 1 amide bonds. The number of aromatic amines is 1. The van der Waals surface area contributed by atoms with Crippen LogP contribution in [-0.4, -0.2) is 21.3 Å². The number of carbonyl (C=O) groups excluding carboxylic acids is 1. The third kappa shape index (κ3) is 3.55. The van der Waals surface area contributed by atoms with Gasteiger partial charge in [0.25, 0.3) is 5.56 Å². The van der Waals surface area contributed by atoms with Crippen LogP contribution in [0.15, 0.2) is 57.8 Å². The minimum Gasteiger partial charge on any atom is -0.356 e. The number of H-pyrrole nitrogens is 1. The van der Waals surface area contributed by atoms with E-state index in [0.717, 1.165) is 22.1 Å². The van der Waals surface area contributed by atoms with E-state index in [0.29, 0.717) is 22.7 Å². The number of aryl methyl sites for hydroxylation is 2. The molecule has 28 heavy (non-hydrogen) atoms. The maximum absolute atomic E-state index is 12.5. The molecule has 2 aromatic heterocycles. The van der Waals surface area contributed by atoms with Gasteiger partial charge in [-0.1, -0.05) is 23.4 Å². The minimum absolute atomic E-state index is 0.108. The summed E-state index contributed by atoms with van der Waals surface area (Å²) in [5, 5.41) is 14.2. The summed E-state index contributed by atoms with van der Waals surface area (Å²) in [6.45, 7) is 3.96. The van der Waals surface area contributed by atoms with E-state index in [-0.39, 0.29) is 17.9 Å². The summed E-state index contributed by atoms with van der Waals surface area (Å²) in [5.41, 5.74) is 5.18. The number of amides is 1. The van der Waals surface area contributed by atoms with Crippen LogP contribution in [0.2, 0.25) is 0 Å². The molecule has 4 aromatic rings. The van der Waals surface area contributed by atoms with Gasteiger partial charge in [0, 0.05) is 22.7 Å². The topological polar surface area (TPSA) is 101 Å². The van der Waals surface area contributed by atoms with E-state index >= 15 is 0 Å². The van der Waals surface area contributed by atoms with Gasteiger partial charge in [0.05, 0.1) is 12.1 Å². The summed E-state index contributed by atoms with van der Waals surface area (Å²) in [7, 11) is 0. The predicted octanol–water partition coefficient (Wildman–Crippen LogP) is 3.38. The molecule has 0 aliphatic carbocycles. The predicted molar refractivity (Wildman–Crippen MR) is 106 cm³/mol. The summed E-state index contributed by atoms with van der Waals surface area (Å²) in [6, 6.07) is 14.3. The van der Waals surface area contributed by atoms with Crippen molar-refractivity contribution in [2.24, 2.45) is 0 Å². The van der Waals surface area contributed by atoms with Crippen molar-refractivity contribution in [3.8, 4) is 11.3 Å². The van der Waals surface area contributed by atoms with Crippen LogP contribution < -0.4 is 10.9 Å². The highest BCUT2D eigenvalue weighted by Crippen LogP contribution is 2.25. The van der Waals surface area contributed by atoms with Crippen LogP contribution in [0.4, 0.5) is 5.69 Å². The Labute approximate surface area is 160 Å². The van der Waals surface area contributed by atoms with E-state index in [4.69, 9.17) is 4.52 Å². The average Bonchev–Trinajstić information content (AvgIpc) is 3.05. The van der Waals surface area contributed by atoms with Gasteiger partial charge in [0.15, 0.2) is 5.58 Å². The Balaban J connectivity index is 1.54. The van der Waals surface area contributed by atoms with Crippen molar-refractivity contribution in [1.82, 2.24) is 15.4 Å². The molecule has 0 unspecified atom stereocenters. The van der Waals surface area contributed by atoms with Gasteiger partial charge < -0.3 is 9.84 Å². The SMILES string of the molecule is Cc1cc(C)c2onc(CC(=O)Nc3cccc(-c4ccc(=O)[nH]n4)c3)c2c1. The maximum atomic E-state index is 12.5. The fraction of sp³-hybridized carbons (Fsp3) is 0.143. The Morgan fingerprint density at radius 2 is 2.00 bits per heavy atom. The third-order valence-corrected chi connectivity index (χ3v) is 4.43. The van der Waals surface area contributed by atoms with E-state index in [1.54, 1.807) is 18.2 Å². The Morgan fingerprint density at radius 1 is 1.14 bits per heavy atom. The Hall–Kier alpha value is -3.74. The van der Waals surface area contributed by atoms with Crippen molar-refractivity contribution >= 4 is 22.6 Å². The molecule has 0 radical (unpaired) electrons. The maximum Gasteiger partial charge on any atom is 0.264 e. The second-order valence-electron chi connectivity index (χ2n) is 6.70. The molecule has 0 aliphatic heterocycles. The van der Waals surface area contributed by atoms with Crippen molar-refractivity contribution in [3.63, 3.8) is 0 Å². The molecule has 0 saturated heterocycles. The second kappa shape index (κ2) is 7.11. The Kier molecular flexibility index (Phi) is 4.49. The zero-order valence-corrected chi connectivity index (χ0v) is 15.4. The number of rotatable bonds is 4. The second-order valence-corrected chi connectivity index (χ2v) is 6.70. The summed E-state index contributed by atoms with van der Waals surface area (Å²) in [6.07, 6.45) is 0.108. The summed E-state index contributed by atoms with van der Waals surface area (Å²) >= 11 is 0. The molecule has 0 aliphatic rings. The number of nitrogens with zero attached hydrogens (tertiary/aromatic N) is 2. The Bertz CT molecular complexity index is 1220. The van der Waals surface area contributed by atoms with Crippen LogP contribution in [-0.2, 0) is 11.2 Å². The van der Waals surface area contributed by atoms with E-state index < -0.39 is 0 Å². The van der Waals surface area contributed by atoms with Gasteiger partial charge in [-0.3, -0.25) is 9.59 Å². The summed E-state index contributed by atoms with van der Waals surface area (Å²) in [4.78, 5) is 23.7. The lowest BCUT2D eigenvalue weighted by molar-refractivity contribution is -0.115. The van der Waals surface area contributed by atoms with Gasteiger partial charge in [0.2, 0.25) is 5.91 Å². The lowest BCUT2D eigenvalue weighted by Gasteiger charge is -2.06. The van der Waals surface area contributed by atoms with Crippen molar-refractivity contribution in [3.05, 3.63) is 75.7 Å². The molecule has 0 fully saturated rings. The Morgan fingerprint density at radius 3 is 2.79 bits per heavy atom. The van der Waals surface area contributed by atoms with Crippen LogP contribution in [0, 0.1) is 13.8 Å². The summed E-state index contributed by atoms with van der Waals surface area (Å²) < 4.78 is 5.41. The molecule has 2 heterocycles. The number of carbonyl (C=O) groups is 1. The van der Waals surface area contributed by atoms with Crippen LogP contribution in [0.3, 0.4) is 0 Å². The number of nitrogens with one attached hydrogen (secondary N) is 2. The van der Waals surface area contributed by atoms with Crippen molar-refractivity contribution < 1.29 is 9.32 Å². The first-order chi connectivity index (χ1) is 13.5. The monoisotopic (exact) mass is 374 g/mol. The van der Waals surface area contributed by atoms with Crippen LogP contribution in [0.1, 0.15) is 16.8 Å². The van der Waals surface area contributed by atoms with Crippen LogP contribution in [0.25, 0.3) is 22.2 Å². The smallest absolute Gasteiger partial charge is 0.264 e. The van der Waals surface area contributed by atoms with Gasteiger partial charge in [-0.2, -0.15) is 5.10 Å². The number of anilines is 1. The van der Waals surface area contributed by atoms with Gasteiger partial charge in [-0.25, -0.2) is 5.10 Å². The molecule has 7 nitrogen and oxygen atoms in total. The normalized spacial score (nSPS) is 10.9. The molecule has 7 heteroatoms. The van der Waals surface area contributed by atoms with Gasteiger partial charge >= 0.3 is 0 Å². The average molecular weight is 374 g/mol. The first-order valence-electron chi connectivity index (χ1n) is 8.81. The van der Waals surface area contributed by atoms with Gasteiger partial charge in [-0.15, -0.1) is 0 Å². The lowest BCUT2D eigenvalue weighted by atomic mass is 10.1. The molecule has 0 atom stereocenters. The molecule has 4 rings (SSSR count). The fourth-order valence-corrected chi connectivity index (χ4v) is 3.19. The minimum atomic E-state index is -0.265. The van der Waals surface area contributed by atoms with E-state index in [9.17, 15) is 9.59 Å². The van der Waals surface area contributed by atoms with Crippen molar-refractivity contribution in [1.29, 1.82) is 0 Å². The third-order valence-electron chi connectivity index (χ3n) is 4.43. The van der Waals surface area contributed by atoms with Crippen molar-refractivity contribution in [2.45, 2.75) is 20.3 Å².